The normalized spacial score (nSPS) is 16.1. The molecule has 0 spiro atoms. The summed E-state index contributed by atoms with van der Waals surface area (Å²) in [5.41, 5.74) is 7.29. The van der Waals surface area contributed by atoms with Gasteiger partial charge >= 0.3 is 0 Å². The Bertz CT molecular complexity index is 1710. The molecule has 0 radical (unpaired) electrons. The molecule has 3 aromatic heterocycles. The van der Waals surface area contributed by atoms with Gasteiger partial charge in [0.1, 0.15) is 5.75 Å². The largest absolute Gasteiger partial charge is 0.492 e. The number of aromatic amines is 2. The van der Waals surface area contributed by atoms with Gasteiger partial charge in [-0.15, -0.1) is 0 Å². The lowest BCUT2D eigenvalue weighted by atomic mass is 9.98. The zero-order valence-electron chi connectivity index (χ0n) is 20.5. The molecule has 1 unspecified atom stereocenters. The molecule has 7 rings (SSSR count). The third-order valence-corrected chi connectivity index (χ3v) is 7.47. The Morgan fingerprint density at radius 1 is 0.784 bits per heavy atom. The van der Waals surface area contributed by atoms with Gasteiger partial charge in [0.2, 0.25) is 0 Å². The fourth-order valence-electron chi connectivity index (χ4n) is 5.42. The Hall–Kier alpha value is -4.23. The third kappa shape index (κ3) is 4.21. The number of nitrogens with one attached hydrogen (secondary N) is 3. The van der Waals surface area contributed by atoms with E-state index >= 15 is 0 Å². The summed E-state index contributed by atoms with van der Waals surface area (Å²) in [4.78, 5) is 4.83. The van der Waals surface area contributed by atoms with Gasteiger partial charge in [-0.05, 0) is 78.9 Å². The fraction of sp³-hybridized carbons (Fsp3) is 0.233. The molecular weight excluding hydrogens is 460 g/mol. The van der Waals surface area contributed by atoms with Crippen LogP contribution in [0.15, 0.2) is 73.2 Å². The summed E-state index contributed by atoms with van der Waals surface area (Å²) in [6, 6.07) is 19.6. The molecule has 0 saturated carbocycles. The van der Waals surface area contributed by atoms with Crippen LogP contribution < -0.4 is 10.1 Å². The molecule has 1 atom stereocenters. The van der Waals surface area contributed by atoms with E-state index < -0.39 is 0 Å². The van der Waals surface area contributed by atoms with Crippen LogP contribution in [0.3, 0.4) is 0 Å². The van der Waals surface area contributed by atoms with E-state index in [0.717, 1.165) is 73.7 Å². The van der Waals surface area contributed by atoms with Crippen LogP contribution in [0.4, 0.5) is 0 Å². The number of aromatic nitrogens is 5. The van der Waals surface area contributed by atoms with E-state index in [1.165, 1.54) is 19.3 Å². The molecule has 0 aliphatic carbocycles. The summed E-state index contributed by atoms with van der Waals surface area (Å²) < 4.78 is 6.63. The second kappa shape index (κ2) is 9.33. The third-order valence-electron chi connectivity index (χ3n) is 7.47. The van der Waals surface area contributed by atoms with Crippen molar-refractivity contribution in [3.05, 3.63) is 73.2 Å². The van der Waals surface area contributed by atoms with E-state index in [4.69, 9.17) is 9.72 Å². The summed E-state index contributed by atoms with van der Waals surface area (Å²) in [5, 5.41) is 21.2. The number of piperidine rings is 1. The molecule has 3 N–H and O–H groups in total. The zero-order valence-corrected chi connectivity index (χ0v) is 20.5. The van der Waals surface area contributed by atoms with Gasteiger partial charge in [0.05, 0.1) is 35.6 Å². The average Bonchev–Trinajstić information content (AvgIpc) is 3.62. The molecule has 1 fully saturated rings. The number of nitrogens with zero attached hydrogens (tertiary/aromatic N) is 3. The van der Waals surface area contributed by atoms with Crippen molar-refractivity contribution in [1.29, 1.82) is 0 Å². The van der Waals surface area contributed by atoms with Crippen LogP contribution in [0.2, 0.25) is 0 Å². The number of ether oxygens (including phenoxy) is 1. The number of H-pyrrole nitrogens is 2. The molecule has 4 heterocycles. The molecule has 1 aliphatic rings. The van der Waals surface area contributed by atoms with Crippen molar-refractivity contribution in [3.8, 4) is 28.0 Å². The number of hydrogen-bond donors (Lipinski definition) is 3. The fourth-order valence-corrected chi connectivity index (χ4v) is 5.42. The van der Waals surface area contributed by atoms with Crippen LogP contribution in [-0.4, -0.2) is 44.6 Å². The molecule has 1 saturated heterocycles. The minimum atomic E-state index is 0.518. The van der Waals surface area contributed by atoms with Crippen molar-refractivity contribution in [1.82, 2.24) is 30.7 Å². The highest BCUT2D eigenvalue weighted by atomic mass is 16.5. The van der Waals surface area contributed by atoms with Gasteiger partial charge in [0.15, 0.2) is 0 Å². The summed E-state index contributed by atoms with van der Waals surface area (Å²) in [6.07, 6.45) is 10.4. The predicted molar refractivity (Wildman–Crippen MR) is 148 cm³/mol. The van der Waals surface area contributed by atoms with Crippen molar-refractivity contribution in [2.45, 2.75) is 31.7 Å². The van der Waals surface area contributed by atoms with Crippen LogP contribution >= 0.6 is 0 Å². The number of benzene rings is 3. The minimum absolute atomic E-state index is 0.518. The highest BCUT2D eigenvalue weighted by Gasteiger charge is 2.17. The van der Waals surface area contributed by atoms with E-state index in [-0.39, 0.29) is 0 Å². The molecule has 7 heteroatoms. The minimum Gasteiger partial charge on any atom is -0.492 e. The summed E-state index contributed by atoms with van der Waals surface area (Å²) in [6.45, 7) is 1.76. The Labute approximate surface area is 214 Å². The predicted octanol–water partition coefficient (Wildman–Crippen LogP) is 6.23. The lowest BCUT2D eigenvalue weighted by Gasteiger charge is -2.24. The zero-order chi connectivity index (χ0) is 24.6. The standard InChI is InChI=1S/C30H28N6O/c1-2-11-31-24(3-1)10-12-37-30-25-15-20(19-4-7-27-22(13-19)16-33-35-27)5-9-29(25)32-18-26(30)21-6-8-28-23(14-21)17-34-36-28/h4-9,13-18,24,31H,1-3,10-12H2,(H,33,35)(H,34,36). The first-order valence-electron chi connectivity index (χ1n) is 13.0. The number of fused-ring (bicyclic) bond motifs is 3. The van der Waals surface area contributed by atoms with Gasteiger partial charge in [0, 0.05) is 34.0 Å². The number of pyridine rings is 1. The maximum atomic E-state index is 6.63. The average molecular weight is 489 g/mol. The van der Waals surface area contributed by atoms with Crippen LogP contribution in [0.1, 0.15) is 25.7 Å². The van der Waals surface area contributed by atoms with Crippen molar-refractivity contribution in [2.75, 3.05) is 13.2 Å². The van der Waals surface area contributed by atoms with E-state index in [1.54, 1.807) is 0 Å². The van der Waals surface area contributed by atoms with Gasteiger partial charge < -0.3 is 10.1 Å². The molecule has 3 aromatic carbocycles. The van der Waals surface area contributed by atoms with Crippen LogP contribution in [0.5, 0.6) is 5.75 Å². The Morgan fingerprint density at radius 2 is 1.51 bits per heavy atom. The van der Waals surface area contributed by atoms with Crippen LogP contribution in [-0.2, 0) is 0 Å². The second-order valence-electron chi connectivity index (χ2n) is 9.86. The van der Waals surface area contributed by atoms with Gasteiger partial charge in [-0.25, -0.2) is 0 Å². The van der Waals surface area contributed by atoms with E-state index in [0.29, 0.717) is 12.6 Å². The van der Waals surface area contributed by atoms with Gasteiger partial charge in [0.25, 0.3) is 0 Å². The number of hydrogen-bond acceptors (Lipinski definition) is 5. The second-order valence-corrected chi connectivity index (χ2v) is 9.86. The molecule has 6 aromatic rings. The first-order valence-corrected chi connectivity index (χ1v) is 13.0. The maximum Gasteiger partial charge on any atom is 0.138 e. The SMILES string of the molecule is c1cc2[nH]ncc2cc1-c1ccc2ncc(-c3ccc4[nH]ncc4c3)c(OCCC3CCCCN3)c2c1. The Balaban J connectivity index is 1.32. The lowest BCUT2D eigenvalue weighted by molar-refractivity contribution is 0.271. The smallest absolute Gasteiger partial charge is 0.138 e. The molecule has 184 valence electrons. The highest BCUT2D eigenvalue weighted by molar-refractivity contribution is 5.97. The monoisotopic (exact) mass is 488 g/mol. The first kappa shape index (κ1) is 22.0. The lowest BCUT2D eigenvalue weighted by Crippen LogP contribution is -2.35. The van der Waals surface area contributed by atoms with Gasteiger partial charge in [-0.1, -0.05) is 24.6 Å². The first-order chi connectivity index (χ1) is 18.3. The van der Waals surface area contributed by atoms with Crippen molar-refractivity contribution >= 4 is 32.7 Å². The molecule has 37 heavy (non-hydrogen) atoms. The highest BCUT2D eigenvalue weighted by Crippen LogP contribution is 2.39. The summed E-state index contributed by atoms with van der Waals surface area (Å²) >= 11 is 0. The topological polar surface area (TPSA) is 91.5 Å². The summed E-state index contributed by atoms with van der Waals surface area (Å²) in [7, 11) is 0. The Morgan fingerprint density at radius 3 is 2.30 bits per heavy atom. The van der Waals surface area contributed by atoms with E-state index in [1.807, 2.05) is 18.6 Å². The van der Waals surface area contributed by atoms with Crippen molar-refractivity contribution in [2.24, 2.45) is 0 Å². The van der Waals surface area contributed by atoms with Gasteiger partial charge in [-0.3, -0.25) is 15.2 Å². The molecule has 0 amide bonds. The van der Waals surface area contributed by atoms with Crippen molar-refractivity contribution in [3.63, 3.8) is 0 Å². The van der Waals surface area contributed by atoms with E-state index in [2.05, 4.69) is 80.3 Å². The molecule has 0 bridgehead atoms. The summed E-state index contributed by atoms with van der Waals surface area (Å²) in [5.74, 6) is 0.884. The maximum absolute atomic E-state index is 6.63. The van der Waals surface area contributed by atoms with E-state index in [9.17, 15) is 0 Å². The van der Waals surface area contributed by atoms with Gasteiger partial charge in [-0.2, -0.15) is 10.2 Å². The molecule has 1 aliphatic heterocycles. The quantitative estimate of drug-likeness (QED) is 0.258. The van der Waals surface area contributed by atoms with Crippen LogP contribution in [0.25, 0.3) is 55.0 Å². The van der Waals surface area contributed by atoms with Crippen LogP contribution in [0, 0.1) is 0 Å². The van der Waals surface area contributed by atoms with Crippen molar-refractivity contribution < 1.29 is 4.74 Å². The molecule has 7 nitrogen and oxygen atoms in total. The molecular formula is C30H28N6O. The Kier molecular flexibility index (Phi) is 5.55. The number of rotatable bonds is 6.